The number of anilines is 1. The third-order valence-corrected chi connectivity index (χ3v) is 9.42. The van der Waals surface area contributed by atoms with Crippen molar-refractivity contribution in [1.29, 1.82) is 0 Å². The Morgan fingerprint density at radius 1 is 0.953 bits per heavy atom. The maximum absolute atomic E-state index is 14.2. The fourth-order valence-electron chi connectivity index (χ4n) is 4.36. The Kier molecular flexibility index (Phi) is 11.9. The standard InChI is InChI=1S/C31H36BrCl2N3O5S/c1-6-28(30(39)35-31(3,4)5)36(19-25-26(33)9-8-10-27(25)34)29(38)20-37(22-13-15-23(16-14-22)42-7-2)43(40,41)24-17-11-21(32)12-18-24/h8-18,28H,6-7,19-20H2,1-5H3,(H,35,39)/t28-/m1/s1. The summed E-state index contributed by atoms with van der Waals surface area (Å²) < 4.78 is 35.3. The minimum absolute atomic E-state index is 0.00407. The lowest BCUT2D eigenvalue weighted by atomic mass is 10.1. The summed E-state index contributed by atoms with van der Waals surface area (Å²) in [7, 11) is -4.22. The number of nitrogens with zero attached hydrogens (tertiary/aromatic N) is 2. The summed E-state index contributed by atoms with van der Waals surface area (Å²) in [5.74, 6) is -0.435. The fourth-order valence-corrected chi connectivity index (χ4v) is 6.56. The second-order valence-corrected chi connectivity index (χ2v) is 14.4. The molecule has 0 unspecified atom stereocenters. The zero-order valence-corrected chi connectivity index (χ0v) is 28.6. The van der Waals surface area contributed by atoms with E-state index in [1.165, 1.54) is 17.0 Å². The molecule has 8 nitrogen and oxygen atoms in total. The van der Waals surface area contributed by atoms with Gasteiger partial charge >= 0.3 is 0 Å². The van der Waals surface area contributed by atoms with E-state index in [0.29, 0.717) is 32.4 Å². The molecule has 3 aromatic rings. The van der Waals surface area contributed by atoms with Crippen LogP contribution in [0.25, 0.3) is 0 Å². The van der Waals surface area contributed by atoms with Crippen LogP contribution in [-0.4, -0.2) is 49.9 Å². The van der Waals surface area contributed by atoms with E-state index in [9.17, 15) is 18.0 Å². The van der Waals surface area contributed by atoms with E-state index >= 15 is 0 Å². The highest BCUT2D eigenvalue weighted by Gasteiger charge is 2.35. The highest BCUT2D eigenvalue weighted by molar-refractivity contribution is 9.10. The van der Waals surface area contributed by atoms with E-state index in [1.807, 2.05) is 27.7 Å². The Morgan fingerprint density at radius 2 is 1.53 bits per heavy atom. The second-order valence-electron chi connectivity index (χ2n) is 10.8. The van der Waals surface area contributed by atoms with Crippen LogP contribution in [0.15, 0.2) is 76.1 Å². The Hall–Kier alpha value is -2.79. The lowest BCUT2D eigenvalue weighted by molar-refractivity contribution is -0.141. The molecule has 3 aromatic carbocycles. The Balaban J connectivity index is 2.11. The summed E-state index contributed by atoms with van der Waals surface area (Å²) >= 11 is 16.3. The third kappa shape index (κ3) is 9.11. The van der Waals surface area contributed by atoms with Gasteiger partial charge in [-0.15, -0.1) is 0 Å². The first-order valence-electron chi connectivity index (χ1n) is 13.7. The summed E-state index contributed by atoms with van der Waals surface area (Å²) in [6.07, 6.45) is 0.262. The van der Waals surface area contributed by atoms with Crippen molar-refractivity contribution in [2.45, 2.75) is 64.1 Å². The number of hydrogen-bond acceptors (Lipinski definition) is 5. The van der Waals surface area contributed by atoms with Crippen LogP contribution in [0.5, 0.6) is 5.75 Å². The monoisotopic (exact) mass is 711 g/mol. The van der Waals surface area contributed by atoms with Gasteiger partial charge in [0.15, 0.2) is 0 Å². The SMILES string of the molecule is CCOc1ccc(N(CC(=O)N(Cc2c(Cl)cccc2Cl)[C@H](CC)C(=O)NC(C)(C)C)S(=O)(=O)c2ccc(Br)cc2)cc1. The molecule has 0 aliphatic heterocycles. The minimum Gasteiger partial charge on any atom is -0.494 e. The molecular weight excluding hydrogens is 677 g/mol. The lowest BCUT2D eigenvalue weighted by Gasteiger charge is -2.35. The number of sulfonamides is 1. The maximum atomic E-state index is 14.2. The average Bonchev–Trinajstić information content (AvgIpc) is 2.93. The molecule has 0 saturated carbocycles. The summed E-state index contributed by atoms with van der Waals surface area (Å²) in [4.78, 5) is 29.1. The molecule has 0 bridgehead atoms. The second kappa shape index (κ2) is 14.8. The average molecular weight is 714 g/mol. The fraction of sp³-hybridized carbons (Fsp3) is 0.355. The molecular formula is C31H36BrCl2N3O5S. The summed E-state index contributed by atoms with van der Waals surface area (Å²) in [5.41, 5.74) is 0.132. The van der Waals surface area contributed by atoms with Crippen LogP contribution in [0.2, 0.25) is 10.0 Å². The summed E-state index contributed by atoms with van der Waals surface area (Å²) in [6, 6.07) is 16.6. The normalized spacial score (nSPS) is 12.4. The van der Waals surface area contributed by atoms with Gasteiger partial charge in [-0.3, -0.25) is 13.9 Å². The van der Waals surface area contributed by atoms with Crippen molar-refractivity contribution in [3.8, 4) is 5.75 Å². The zero-order valence-electron chi connectivity index (χ0n) is 24.7. The van der Waals surface area contributed by atoms with Crippen molar-refractivity contribution in [1.82, 2.24) is 10.2 Å². The lowest BCUT2D eigenvalue weighted by Crippen LogP contribution is -2.55. The van der Waals surface area contributed by atoms with Gasteiger partial charge in [-0.1, -0.05) is 52.1 Å². The molecule has 0 heterocycles. The van der Waals surface area contributed by atoms with E-state index in [-0.39, 0.29) is 29.5 Å². The number of carbonyl (C=O) groups is 2. The number of halogens is 3. The van der Waals surface area contributed by atoms with Crippen LogP contribution < -0.4 is 14.4 Å². The van der Waals surface area contributed by atoms with Crippen LogP contribution in [0, 0.1) is 0 Å². The van der Waals surface area contributed by atoms with Crippen LogP contribution in [0.1, 0.15) is 46.6 Å². The molecule has 232 valence electrons. The molecule has 0 radical (unpaired) electrons. The van der Waals surface area contributed by atoms with Gasteiger partial charge < -0.3 is 15.0 Å². The molecule has 43 heavy (non-hydrogen) atoms. The highest BCUT2D eigenvalue weighted by atomic mass is 79.9. The van der Waals surface area contributed by atoms with E-state index in [0.717, 1.165) is 4.31 Å². The number of carbonyl (C=O) groups excluding carboxylic acids is 2. The predicted octanol–water partition coefficient (Wildman–Crippen LogP) is 7.07. The van der Waals surface area contributed by atoms with Crippen molar-refractivity contribution in [2.75, 3.05) is 17.5 Å². The molecule has 12 heteroatoms. The number of hydrogen-bond donors (Lipinski definition) is 1. The van der Waals surface area contributed by atoms with E-state index in [2.05, 4.69) is 21.2 Å². The van der Waals surface area contributed by atoms with Gasteiger partial charge in [0.1, 0.15) is 18.3 Å². The Bertz CT molecular complexity index is 1510. The molecule has 0 fully saturated rings. The molecule has 0 spiro atoms. The molecule has 1 N–H and O–H groups in total. The van der Waals surface area contributed by atoms with Crippen LogP contribution in [0.3, 0.4) is 0 Å². The number of ether oxygens (including phenoxy) is 1. The molecule has 0 aliphatic carbocycles. The first-order valence-corrected chi connectivity index (χ1v) is 16.7. The summed E-state index contributed by atoms with van der Waals surface area (Å²) in [5, 5.41) is 3.58. The topological polar surface area (TPSA) is 96.0 Å². The third-order valence-electron chi connectivity index (χ3n) is 6.39. The Labute approximate surface area is 272 Å². The van der Waals surface area contributed by atoms with Crippen molar-refractivity contribution in [3.05, 3.63) is 86.8 Å². The van der Waals surface area contributed by atoms with Crippen LogP contribution in [0.4, 0.5) is 5.69 Å². The van der Waals surface area contributed by atoms with Crippen molar-refractivity contribution < 1.29 is 22.7 Å². The van der Waals surface area contributed by atoms with E-state index in [4.69, 9.17) is 27.9 Å². The molecule has 1 atom stereocenters. The first kappa shape index (κ1) is 34.7. The van der Waals surface area contributed by atoms with Crippen molar-refractivity contribution in [2.24, 2.45) is 0 Å². The number of amides is 2. The Morgan fingerprint density at radius 3 is 2.05 bits per heavy atom. The van der Waals surface area contributed by atoms with Crippen LogP contribution in [-0.2, 0) is 26.2 Å². The van der Waals surface area contributed by atoms with Crippen LogP contribution >= 0.6 is 39.1 Å². The maximum Gasteiger partial charge on any atom is 0.264 e. The van der Waals surface area contributed by atoms with Crippen molar-refractivity contribution >= 4 is 66.7 Å². The van der Waals surface area contributed by atoms with Gasteiger partial charge in [0.25, 0.3) is 10.0 Å². The summed E-state index contributed by atoms with van der Waals surface area (Å²) in [6.45, 7) is 8.89. The molecule has 3 rings (SSSR count). The smallest absolute Gasteiger partial charge is 0.264 e. The van der Waals surface area contributed by atoms with Gasteiger partial charge in [0.05, 0.1) is 17.2 Å². The number of rotatable bonds is 12. The molecule has 0 aliphatic rings. The molecule has 2 amide bonds. The predicted molar refractivity (Wildman–Crippen MR) is 175 cm³/mol. The zero-order chi connectivity index (χ0) is 31.9. The molecule has 0 saturated heterocycles. The van der Waals surface area contributed by atoms with E-state index < -0.39 is 34.1 Å². The van der Waals surface area contributed by atoms with E-state index in [1.54, 1.807) is 61.5 Å². The van der Waals surface area contributed by atoms with Gasteiger partial charge in [0, 0.05) is 32.2 Å². The first-order chi connectivity index (χ1) is 20.2. The van der Waals surface area contributed by atoms with Gasteiger partial charge in [0.2, 0.25) is 11.8 Å². The van der Waals surface area contributed by atoms with Gasteiger partial charge in [-0.05, 0) is 94.8 Å². The van der Waals surface area contributed by atoms with Gasteiger partial charge in [-0.2, -0.15) is 0 Å². The molecule has 0 aromatic heterocycles. The number of benzene rings is 3. The number of nitrogens with one attached hydrogen (secondary N) is 1. The highest BCUT2D eigenvalue weighted by Crippen LogP contribution is 2.30. The van der Waals surface area contributed by atoms with Crippen molar-refractivity contribution in [3.63, 3.8) is 0 Å². The quantitative estimate of drug-likeness (QED) is 0.217. The van der Waals surface area contributed by atoms with Gasteiger partial charge in [-0.25, -0.2) is 8.42 Å². The minimum atomic E-state index is -4.22. The largest absolute Gasteiger partial charge is 0.494 e.